The SMILES string of the molecule is CC(C)n1cc(NC(=O)C2C3CCC(C3)C2N)cn1. The molecule has 3 rings (SSSR count). The number of hydrogen-bond donors (Lipinski definition) is 2. The second-order valence-electron chi connectivity index (χ2n) is 6.23. The van der Waals surface area contributed by atoms with Gasteiger partial charge in [0.15, 0.2) is 0 Å². The maximum Gasteiger partial charge on any atom is 0.229 e. The Bertz CT molecular complexity index is 480. The standard InChI is InChI=1S/C14H22N4O/c1-8(2)18-7-11(6-16-18)17-14(19)12-9-3-4-10(5-9)13(12)15/h6-10,12-13H,3-5,15H2,1-2H3,(H,17,19). The Kier molecular flexibility index (Phi) is 3.09. The first-order valence-electron chi connectivity index (χ1n) is 7.17. The Morgan fingerprint density at radius 2 is 2.21 bits per heavy atom. The van der Waals surface area contributed by atoms with E-state index >= 15 is 0 Å². The fraction of sp³-hybridized carbons (Fsp3) is 0.714. The number of carbonyl (C=O) groups excluding carboxylic acids is 1. The van der Waals surface area contributed by atoms with Gasteiger partial charge in [0.05, 0.1) is 17.8 Å². The molecular formula is C14H22N4O. The summed E-state index contributed by atoms with van der Waals surface area (Å²) >= 11 is 0. The van der Waals surface area contributed by atoms with Crippen LogP contribution < -0.4 is 11.1 Å². The van der Waals surface area contributed by atoms with Crippen molar-refractivity contribution in [1.82, 2.24) is 9.78 Å². The number of nitrogens with two attached hydrogens (primary N) is 1. The zero-order valence-electron chi connectivity index (χ0n) is 11.5. The van der Waals surface area contributed by atoms with Crippen LogP contribution in [0.4, 0.5) is 5.69 Å². The molecule has 104 valence electrons. The molecular weight excluding hydrogens is 240 g/mol. The molecule has 0 aliphatic heterocycles. The van der Waals surface area contributed by atoms with Crippen molar-refractivity contribution in [2.75, 3.05) is 5.32 Å². The van der Waals surface area contributed by atoms with E-state index < -0.39 is 0 Å². The molecule has 2 saturated carbocycles. The largest absolute Gasteiger partial charge is 0.327 e. The molecule has 0 aromatic carbocycles. The monoisotopic (exact) mass is 262 g/mol. The van der Waals surface area contributed by atoms with Crippen molar-refractivity contribution >= 4 is 11.6 Å². The van der Waals surface area contributed by atoms with E-state index in [0.717, 1.165) is 18.5 Å². The number of anilines is 1. The van der Waals surface area contributed by atoms with Gasteiger partial charge in [-0.25, -0.2) is 0 Å². The van der Waals surface area contributed by atoms with Crippen LogP contribution >= 0.6 is 0 Å². The Hall–Kier alpha value is -1.36. The highest BCUT2D eigenvalue weighted by molar-refractivity contribution is 5.93. The highest BCUT2D eigenvalue weighted by Crippen LogP contribution is 2.47. The van der Waals surface area contributed by atoms with Gasteiger partial charge in [-0.3, -0.25) is 9.48 Å². The Balaban J connectivity index is 1.68. The molecule has 1 heterocycles. The molecule has 0 spiro atoms. The maximum absolute atomic E-state index is 12.4. The molecule has 3 N–H and O–H groups in total. The summed E-state index contributed by atoms with van der Waals surface area (Å²) in [4.78, 5) is 12.4. The van der Waals surface area contributed by atoms with Crippen molar-refractivity contribution < 1.29 is 4.79 Å². The summed E-state index contributed by atoms with van der Waals surface area (Å²) < 4.78 is 1.84. The summed E-state index contributed by atoms with van der Waals surface area (Å²) in [5.41, 5.74) is 6.96. The predicted octanol–water partition coefficient (Wildman–Crippen LogP) is 1.78. The van der Waals surface area contributed by atoms with Crippen molar-refractivity contribution in [1.29, 1.82) is 0 Å². The second-order valence-corrected chi connectivity index (χ2v) is 6.23. The summed E-state index contributed by atoms with van der Waals surface area (Å²) in [5.74, 6) is 1.10. The first-order chi connectivity index (χ1) is 9.06. The minimum atomic E-state index is -0.0128. The Morgan fingerprint density at radius 3 is 2.79 bits per heavy atom. The quantitative estimate of drug-likeness (QED) is 0.872. The molecule has 19 heavy (non-hydrogen) atoms. The lowest BCUT2D eigenvalue weighted by molar-refractivity contribution is -0.121. The summed E-state index contributed by atoms with van der Waals surface area (Å²) in [6.07, 6.45) is 7.06. The number of carbonyl (C=O) groups is 1. The van der Waals surface area contributed by atoms with E-state index in [-0.39, 0.29) is 17.9 Å². The Morgan fingerprint density at radius 1 is 1.47 bits per heavy atom. The molecule has 2 aliphatic rings. The number of nitrogens with one attached hydrogen (secondary N) is 1. The van der Waals surface area contributed by atoms with E-state index in [9.17, 15) is 4.79 Å². The van der Waals surface area contributed by atoms with Gasteiger partial charge in [-0.2, -0.15) is 5.10 Å². The average Bonchev–Trinajstić information content (AvgIpc) is 3.02. The van der Waals surface area contributed by atoms with E-state index in [2.05, 4.69) is 24.3 Å². The van der Waals surface area contributed by atoms with Gasteiger partial charge in [0.25, 0.3) is 0 Å². The van der Waals surface area contributed by atoms with Crippen LogP contribution in [0.3, 0.4) is 0 Å². The molecule has 4 unspecified atom stereocenters. The lowest BCUT2D eigenvalue weighted by Gasteiger charge is -2.26. The van der Waals surface area contributed by atoms with Crippen molar-refractivity contribution in [2.24, 2.45) is 23.5 Å². The molecule has 2 aliphatic carbocycles. The first kappa shape index (κ1) is 12.7. The normalized spacial score (nSPS) is 33.1. The third-order valence-corrected chi connectivity index (χ3v) is 4.68. The van der Waals surface area contributed by atoms with Crippen LogP contribution in [0.25, 0.3) is 0 Å². The van der Waals surface area contributed by atoms with Crippen LogP contribution in [0, 0.1) is 17.8 Å². The molecule has 1 aromatic rings. The predicted molar refractivity (Wildman–Crippen MR) is 73.5 cm³/mol. The van der Waals surface area contributed by atoms with E-state index in [0.29, 0.717) is 17.9 Å². The third-order valence-electron chi connectivity index (χ3n) is 4.68. The van der Waals surface area contributed by atoms with Gasteiger partial charge in [-0.1, -0.05) is 0 Å². The fourth-order valence-electron chi connectivity index (χ4n) is 3.64. The zero-order chi connectivity index (χ0) is 13.6. The molecule has 1 amide bonds. The molecule has 5 heteroatoms. The summed E-state index contributed by atoms with van der Waals surface area (Å²) in [6.45, 7) is 4.12. The molecule has 4 atom stereocenters. The van der Waals surface area contributed by atoms with Crippen LogP contribution in [-0.2, 0) is 4.79 Å². The van der Waals surface area contributed by atoms with Gasteiger partial charge in [0.1, 0.15) is 0 Å². The van der Waals surface area contributed by atoms with E-state index in [1.807, 2.05) is 10.9 Å². The van der Waals surface area contributed by atoms with Crippen LogP contribution in [0.1, 0.15) is 39.2 Å². The van der Waals surface area contributed by atoms with Crippen molar-refractivity contribution in [2.45, 2.75) is 45.2 Å². The van der Waals surface area contributed by atoms with Crippen molar-refractivity contribution in [3.8, 4) is 0 Å². The highest BCUT2D eigenvalue weighted by Gasteiger charge is 2.49. The van der Waals surface area contributed by atoms with Crippen molar-refractivity contribution in [3.63, 3.8) is 0 Å². The lowest BCUT2D eigenvalue weighted by Crippen LogP contribution is -2.42. The van der Waals surface area contributed by atoms with E-state index in [1.165, 1.54) is 6.42 Å². The lowest BCUT2D eigenvalue weighted by atomic mass is 9.84. The second kappa shape index (κ2) is 4.63. The third kappa shape index (κ3) is 2.16. The maximum atomic E-state index is 12.4. The zero-order valence-corrected chi connectivity index (χ0v) is 11.5. The smallest absolute Gasteiger partial charge is 0.229 e. The van der Waals surface area contributed by atoms with Crippen LogP contribution in [-0.4, -0.2) is 21.7 Å². The van der Waals surface area contributed by atoms with E-state index in [4.69, 9.17) is 5.73 Å². The average molecular weight is 262 g/mol. The molecule has 0 saturated heterocycles. The summed E-state index contributed by atoms with van der Waals surface area (Å²) in [5, 5.41) is 7.21. The molecule has 1 aromatic heterocycles. The van der Waals surface area contributed by atoms with Crippen LogP contribution in [0.15, 0.2) is 12.4 Å². The van der Waals surface area contributed by atoms with Gasteiger partial charge in [0.2, 0.25) is 5.91 Å². The number of amides is 1. The summed E-state index contributed by atoms with van der Waals surface area (Å²) in [6, 6.07) is 0.342. The van der Waals surface area contributed by atoms with Crippen molar-refractivity contribution in [3.05, 3.63) is 12.4 Å². The van der Waals surface area contributed by atoms with Crippen LogP contribution in [0.5, 0.6) is 0 Å². The van der Waals surface area contributed by atoms with Gasteiger partial charge < -0.3 is 11.1 Å². The van der Waals surface area contributed by atoms with Gasteiger partial charge in [-0.15, -0.1) is 0 Å². The van der Waals surface area contributed by atoms with Gasteiger partial charge >= 0.3 is 0 Å². The molecule has 0 radical (unpaired) electrons. The highest BCUT2D eigenvalue weighted by atomic mass is 16.2. The molecule has 5 nitrogen and oxygen atoms in total. The molecule has 2 fully saturated rings. The van der Waals surface area contributed by atoms with Crippen LogP contribution in [0.2, 0.25) is 0 Å². The topological polar surface area (TPSA) is 72.9 Å². The summed E-state index contributed by atoms with van der Waals surface area (Å²) in [7, 11) is 0. The van der Waals surface area contributed by atoms with Gasteiger partial charge in [0, 0.05) is 18.3 Å². The number of rotatable bonds is 3. The minimum Gasteiger partial charge on any atom is -0.327 e. The first-order valence-corrected chi connectivity index (χ1v) is 7.17. The fourth-order valence-corrected chi connectivity index (χ4v) is 3.64. The van der Waals surface area contributed by atoms with Gasteiger partial charge in [-0.05, 0) is 44.9 Å². The number of aromatic nitrogens is 2. The number of hydrogen-bond acceptors (Lipinski definition) is 3. The van der Waals surface area contributed by atoms with E-state index in [1.54, 1.807) is 6.20 Å². The number of fused-ring (bicyclic) bond motifs is 2. The Labute approximate surface area is 113 Å². The minimum absolute atomic E-state index is 0.0128. The number of nitrogens with zero attached hydrogens (tertiary/aromatic N) is 2. The molecule has 2 bridgehead atoms.